The molecule has 0 saturated carbocycles. The zero-order chi connectivity index (χ0) is 14.7. The van der Waals surface area contributed by atoms with Gasteiger partial charge >= 0.3 is 0 Å². The molecule has 0 spiro atoms. The van der Waals surface area contributed by atoms with Crippen molar-refractivity contribution in [1.82, 2.24) is 9.88 Å². The van der Waals surface area contributed by atoms with E-state index in [0.717, 1.165) is 28.8 Å². The van der Waals surface area contributed by atoms with Crippen LogP contribution in [0.1, 0.15) is 36.3 Å². The van der Waals surface area contributed by atoms with Crippen molar-refractivity contribution in [2.75, 3.05) is 38.2 Å². The van der Waals surface area contributed by atoms with Gasteiger partial charge in [0.25, 0.3) is 0 Å². The number of hydrogen-bond donors (Lipinski definition) is 1. The summed E-state index contributed by atoms with van der Waals surface area (Å²) in [7, 11) is 1.71. The fourth-order valence-corrected chi connectivity index (χ4v) is 4.39. The molecule has 0 aliphatic carbocycles. The zero-order valence-corrected chi connectivity index (χ0v) is 13.7. The van der Waals surface area contributed by atoms with Crippen molar-refractivity contribution in [2.24, 2.45) is 5.73 Å². The maximum atomic E-state index is 5.83. The summed E-state index contributed by atoms with van der Waals surface area (Å²) in [5.74, 6) is 0. The number of ether oxygens (including phenoxy) is 1. The first kappa shape index (κ1) is 15.2. The molecule has 1 unspecified atom stereocenters. The zero-order valence-electron chi connectivity index (χ0n) is 12.9. The van der Waals surface area contributed by atoms with Gasteiger partial charge in [0.2, 0.25) is 0 Å². The summed E-state index contributed by atoms with van der Waals surface area (Å²) in [5.41, 5.74) is 6.84. The average Bonchev–Trinajstić information content (AvgIpc) is 3.15. The summed E-state index contributed by atoms with van der Waals surface area (Å²) >= 11 is 1.74. The molecule has 0 amide bonds. The molecule has 6 heteroatoms. The van der Waals surface area contributed by atoms with Crippen LogP contribution in [-0.2, 0) is 17.9 Å². The lowest BCUT2D eigenvalue weighted by atomic mass is 10.1. The van der Waals surface area contributed by atoms with Crippen molar-refractivity contribution in [1.29, 1.82) is 0 Å². The van der Waals surface area contributed by atoms with Gasteiger partial charge in [-0.05, 0) is 32.4 Å². The summed E-state index contributed by atoms with van der Waals surface area (Å²) in [4.78, 5) is 11.0. The van der Waals surface area contributed by atoms with Crippen LogP contribution in [0, 0.1) is 0 Å². The molecule has 0 bridgehead atoms. The lowest BCUT2D eigenvalue weighted by Gasteiger charge is -2.32. The van der Waals surface area contributed by atoms with E-state index in [-0.39, 0.29) is 0 Å². The van der Waals surface area contributed by atoms with Gasteiger partial charge in [0, 0.05) is 37.7 Å². The highest BCUT2D eigenvalue weighted by molar-refractivity contribution is 7.15. The second-order valence-corrected chi connectivity index (χ2v) is 7.05. The van der Waals surface area contributed by atoms with E-state index in [2.05, 4.69) is 9.80 Å². The van der Waals surface area contributed by atoms with E-state index in [0.29, 0.717) is 19.2 Å². The number of anilines is 1. The average molecular weight is 310 g/mol. The van der Waals surface area contributed by atoms with E-state index >= 15 is 0 Å². The largest absolute Gasteiger partial charge is 0.378 e. The Bertz CT molecular complexity index is 459. The molecule has 2 aliphatic rings. The van der Waals surface area contributed by atoms with Gasteiger partial charge < -0.3 is 15.4 Å². The van der Waals surface area contributed by atoms with Gasteiger partial charge in [0.1, 0.15) is 0 Å². The van der Waals surface area contributed by atoms with Crippen LogP contribution < -0.4 is 10.6 Å². The highest BCUT2D eigenvalue weighted by atomic mass is 32.1. The Morgan fingerprint density at radius 1 is 1.29 bits per heavy atom. The molecule has 21 heavy (non-hydrogen) atoms. The van der Waals surface area contributed by atoms with E-state index in [1.165, 1.54) is 38.8 Å². The van der Waals surface area contributed by atoms with Crippen LogP contribution in [0.15, 0.2) is 0 Å². The van der Waals surface area contributed by atoms with Crippen molar-refractivity contribution in [3.8, 4) is 0 Å². The van der Waals surface area contributed by atoms with Gasteiger partial charge in [0.05, 0.1) is 12.3 Å². The number of thiazole rings is 1. The summed E-state index contributed by atoms with van der Waals surface area (Å²) < 4.78 is 5.22. The highest BCUT2D eigenvalue weighted by Crippen LogP contribution is 2.31. The quantitative estimate of drug-likeness (QED) is 0.899. The first-order valence-electron chi connectivity index (χ1n) is 7.98. The van der Waals surface area contributed by atoms with Gasteiger partial charge in [0.15, 0.2) is 5.13 Å². The van der Waals surface area contributed by atoms with E-state index in [1.807, 2.05) is 0 Å². The first-order valence-corrected chi connectivity index (χ1v) is 8.80. The van der Waals surface area contributed by atoms with Crippen LogP contribution in [0.2, 0.25) is 0 Å². The third-order valence-corrected chi connectivity index (χ3v) is 5.76. The van der Waals surface area contributed by atoms with Gasteiger partial charge in [-0.25, -0.2) is 4.98 Å². The lowest BCUT2D eigenvalue weighted by molar-refractivity contribution is 0.174. The Morgan fingerprint density at radius 3 is 2.81 bits per heavy atom. The lowest BCUT2D eigenvalue weighted by Crippen LogP contribution is -2.40. The second kappa shape index (κ2) is 7.05. The normalized spacial score (nSPS) is 23.9. The summed E-state index contributed by atoms with van der Waals surface area (Å²) in [6.07, 6.45) is 5.39. The van der Waals surface area contributed by atoms with Gasteiger partial charge in [-0.1, -0.05) is 6.42 Å². The van der Waals surface area contributed by atoms with Gasteiger partial charge in [-0.2, -0.15) is 0 Å². The number of nitrogens with zero attached hydrogens (tertiary/aromatic N) is 3. The Morgan fingerprint density at radius 2 is 2.10 bits per heavy atom. The summed E-state index contributed by atoms with van der Waals surface area (Å²) in [6.45, 7) is 5.90. The minimum absolute atomic E-state index is 0.555. The van der Waals surface area contributed by atoms with E-state index in [4.69, 9.17) is 15.5 Å². The summed E-state index contributed by atoms with van der Waals surface area (Å²) in [6, 6.07) is 0.710. The molecule has 1 aromatic heterocycles. The Balaban J connectivity index is 1.65. The first-order chi connectivity index (χ1) is 10.3. The van der Waals surface area contributed by atoms with Gasteiger partial charge in [-0.15, -0.1) is 11.3 Å². The molecule has 2 fully saturated rings. The standard InChI is InChI=1S/C15H26N4OS/c1-20-11-13-14(9-16)21-15(17-13)19-8-5-12(10-19)18-6-3-2-4-7-18/h12H,2-11,16H2,1H3. The molecule has 2 aliphatic heterocycles. The third kappa shape index (κ3) is 3.39. The molecule has 5 nitrogen and oxygen atoms in total. The number of methoxy groups -OCH3 is 1. The second-order valence-electron chi connectivity index (χ2n) is 5.99. The smallest absolute Gasteiger partial charge is 0.185 e. The van der Waals surface area contributed by atoms with Crippen molar-refractivity contribution in [3.05, 3.63) is 10.6 Å². The third-order valence-electron chi connectivity index (χ3n) is 4.57. The van der Waals surface area contributed by atoms with Crippen molar-refractivity contribution >= 4 is 16.5 Å². The minimum Gasteiger partial charge on any atom is -0.378 e. The van der Waals surface area contributed by atoms with Crippen molar-refractivity contribution < 1.29 is 4.74 Å². The van der Waals surface area contributed by atoms with Crippen LogP contribution in [0.25, 0.3) is 0 Å². The number of likely N-dealkylation sites (tertiary alicyclic amines) is 1. The van der Waals surface area contributed by atoms with Crippen LogP contribution in [-0.4, -0.2) is 49.2 Å². The molecule has 0 aromatic carbocycles. The van der Waals surface area contributed by atoms with Crippen molar-refractivity contribution in [3.63, 3.8) is 0 Å². The monoisotopic (exact) mass is 310 g/mol. The molecule has 1 aromatic rings. The van der Waals surface area contributed by atoms with E-state index in [9.17, 15) is 0 Å². The maximum Gasteiger partial charge on any atom is 0.185 e. The van der Waals surface area contributed by atoms with Crippen LogP contribution in [0.3, 0.4) is 0 Å². The molecule has 2 saturated heterocycles. The fraction of sp³-hybridized carbons (Fsp3) is 0.800. The number of rotatable bonds is 5. The number of hydrogen-bond acceptors (Lipinski definition) is 6. The maximum absolute atomic E-state index is 5.83. The number of nitrogens with two attached hydrogens (primary N) is 1. The van der Waals surface area contributed by atoms with Crippen LogP contribution >= 0.6 is 11.3 Å². The predicted molar refractivity (Wildman–Crippen MR) is 86.8 cm³/mol. The molecular formula is C15H26N4OS. The van der Waals surface area contributed by atoms with E-state index in [1.54, 1.807) is 18.4 Å². The number of piperidine rings is 1. The molecule has 2 N–H and O–H groups in total. The Labute approximate surface area is 131 Å². The molecule has 0 radical (unpaired) electrons. The molecule has 3 heterocycles. The van der Waals surface area contributed by atoms with Gasteiger partial charge in [-0.3, -0.25) is 4.90 Å². The molecule has 1 atom stereocenters. The predicted octanol–water partition coefficient (Wildman–Crippen LogP) is 1.81. The van der Waals surface area contributed by atoms with Crippen molar-refractivity contribution in [2.45, 2.75) is 44.9 Å². The summed E-state index contributed by atoms with van der Waals surface area (Å²) in [5, 5.41) is 1.13. The fourth-order valence-electron chi connectivity index (χ4n) is 3.41. The molecule has 118 valence electrons. The minimum atomic E-state index is 0.555. The van der Waals surface area contributed by atoms with Crippen LogP contribution in [0.5, 0.6) is 0 Å². The number of aromatic nitrogens is 1. The molecular weight excluding hydrogens is 284 g/mol. The Hall–Kier alpha value is -0.690. The Kier molecular flexibility index (Phi) is 5.11. The highest BCUT2D eigenvalue weighted by Gasteiger charge is 2.30. The molecule has 3 rings (SSSR count). The van der Waals surface area contributed by atoms with Crippen LogP contribution in [0.4, 0.5) is 5.13 Å². The van der Waals surface area contributed by atoms with E-state index < -0.39 is 0 Å². The topological polar surface area (TPSA) is 54.6 Å². The SMILES string of the molecule is COCc1nc(N2CCC(N3CCCCC3)C2)sc1CN.